The van der Waals surface area contributed by atoms with E-state index < -0.39 is 0 Å². The summed E-state index contributed by atoms with van der Waals surface area (Å²) >= 11 is 0. The van der Waals surface area contributed by atoms with Crippen LogP contribution in [0.4, 0.5) is 0 Å². The van der Waals surface area contributed by atoms with E-state index in [2.05, 4.69) is 17.2 Å². The van der Waals surface area contributed by atoms with Gasteiger partial charge in [0.15, 0.2) is 5.96 Å². The fraction of sp³-hybridized carbons (Fsp3) is 0.929. The second-order valence-electron chi connectivity index (χ2n) is 5.99. The molecule has 0 heterocycles. The molecule has 0 aliphatic heterocycles. The molecule has 0 spiro atoms. The molecule has 2 atom stereocenters. The first-order valence-corrected chi connectivity index (χ1v) is 7.30. The third-order valence-electron chi connectivity index (χ3n) is 4.28. The number of nitrogens with two attached hydrogens (primary N) is 1. The van der Waals surface area contributed by atoms with Gasteiger partial charge in [-0.15, -0.1) is 0 Å². The summed E-state index contributed by atoms with van der Waals surface area (Å²) in [4.78, 5) is 4.52. The quantitative estimate of drug-likeness (QED) is 0.585. The van der Waals surface area contributed by atoms with Crippen LogP contribution in [0.2, 0.25) is 0 Å². The van der Waals surface area contributed by atoms with Crippen LogP contribution in [-0.4, -0.2) is 18.5 Å². The van der Waals surface area contributed by atoms with Crippen molar-refractivity contribution < 1.29 is 0 Å². The number of guanidine groups is 1. The van der Waals surface area contributed by atoms with E-state index >= 15 is 0 Å². The Hall–Kier alpha value is -0.730. The van der Waals surface area contributed by atoms with Gasteiger partial charge in [-0.2, -0.15) is 0 Å². The van der Waals surface area contributed by atoms with Crippen LogP contribution in [-0.2, 0) is 0 Å². The van der Waals surface area contributed by atoms with Crippen LogP contribution in [0.25, 0.3) is 0 Å². The van der Waals surface area contributed by atoms with Gasteiger partial charge in [0, 0.05) is 12.6 Å². The molecular formula is C14H27N3. The minimum Gasteiger partial charge on any atom is -0.370 e. The van der Waals surface area contributed by atoms with Gasteiger partial charge in [0.25, 0.3) is 0 Å². The van der Waals surface area contributed by atoms with Crippen LogP contribution in [0.15, 0.2) is 4.99 Å². The maximum atomic E-state index is 5.96. The third-order valence-corrected chi connectivity index (χ3v) is 4.28. The molecule has 3 heteroatoms. The van der Waals surface area contributed by atoms with Crippen molar-refractivity contribution >= 4 is 5.96 Å². The van der Waals surface area contributed by atoms with Crippen molar-refractivity contribution in [3.8, 4) is 0 Å². The highest BCUT2D eigenvalue weighted by Gasteiger charge is 2.21. The number of rotatable bonds is 3. The van der Waals surface area contributed by atoms with Crippen LogP contribution in [0.1, 0.15) is 58.3 Å². The zero-order valence-corrected chi connectivity index (χ0v) is 11.1. The van der Waals surface area contributed by atoms with E-state index in [0.29, 0.717) is 12.0 Å². The first-order chi connectivity index (χ1) is 8.24. The van der Waals surface area contributed by atoms with Crippen molar-refractivity contribution in [2.45, 2.75) is 64.3 Å². The lowest BCUT2D eigenvalue weighted by atomic mass is 9.96. The number of aliphatic imine (C=N–C) groups is 1. The molecule has 0 aromatic heterocycles. The van der Waals surface area contributed by atoms with E-state index in [4.69, 9.17) is 5.73 Å². The Morgan fingerprint density at radius 2 is 1.94 bits per heavy atom. The summed E-state index contributed by atoms with van der Waals surface area (Å²) in [5.74, 6) is 2.34. The minimum atomic E-state index is 0.579. The summed E-state index contributed by atoms with van der Waals surface area (Å²) in [5.41, 5.74) is 5.96. The first kappa shape index (κ1) is 12.7. The van der Waals surface area contributed by atoms with Gasteiger partial charge >= 0.3 is 0 Å². The molecular weight excluding hydrogens is 210 g/mol. The summed E-state index contributed by atoms with van der Waals surface area (Å²) in [6.07, 6.45) is 10.6. The van der Waals surface area contributed by atoms with E-state index in [1.807, 2.05) is 0 Å². The minimum absolute atomic E-state index is 0.579. The molecule has 98 valence electrons. The maximum Gasteiger partial charge on any atom is 0.188 e. The van der Waals surface area contributed by atoms with E-state index in [9.17, 15) is 0 Å². The van der Waals surface area contributed by atoms with Gasteiger partial charge in [0.05, 0.1) is 0 Å². The maximum absolute atomic E-state index is 5.96. The predicted octanol–water partition coefficient (Wildman–Crippen LogP) is 2.66. The lowest BCUT2D eigenvalue weighted by Crippen LogP contribution is -2.41. The molecule has 0 saturated heterocycles. The average molecular weight is 237 g/mol. The van der Waals surface area contributed by atoms with Crippen molar-refractivity contribution in [2.75, 3.05) is 6.54 Å². The van der Waals surface area contributed by atoms with Crippen LogP contribution in [0.3, 0.4) is 0 Å². The number of hydrogen-bond acceptors (Lipinski definition) is 1. The lowest BCUT2D eigenvalue weighted by molar-refractivity contribution is 0.411. The second-order valence-corrected chi connectivity index (χ2v) is 5.99. The van der Waals surface area contributed by atoms with Crippen LogP contribution < -0.4 is 11.1 Å². The summed E-state index contributed by atoms with van der Waals surface area (Å²) in [5, 5.41) is 3.38. The molecule has 2 saturated carbocycles. The van der Waals surface area contributed by atoms with Crippen molar-refractivity contribution in [1.82, 2.24) is 5.32 Å². The molecule has 2 unspecified atom stereocenters. The Morgan fingerprint density at radius 1 is 1.18 bits per heavy atom. The molecule has 0 aromatic rings. The van der Waals surface area contributed by atoms with Gasteiger partial charge in [-0.1, -0.05) is 32.6 Å². The van der Waals surface area contributed by atoms with Gasteiger partial charge in [0.2, 0.25) is 0 Å². The summed E-state index contributed by atoms with van der Waals surface area (Å²) in [6.45, 7) is 3.27. The Morgan fingerprint density at radius 3 is 2.59 bits per heavy atom. The predicted molar refractivity (Wildman–Crippen MR) is 73.0 cm³/mol. The highest BCUT2D eigenvalue weighted by Crippen LogP contribution is 2.30. The zero-order chi connectivity index (χ0) is 12.1. The highest BCUT2D eigenvalue weighted by molar-refractivity contribution is 5.78. The molecule has 3 nitrogen and oxygen atoms in total. The molecule has 0 amide bonds. The number of nitrogens with zero attached hydrogens (tertiary/aromatic N) is 1. The number of nitrogens with one attached hydrogen (secondary N) is 1. The monoisotopic (exact) mass is 237 g/mol. The van der Waals surface area contributed by atoms with Gasteiger partial charge in [0.1, 0.15) is 0 Å². The Kier molecular flexibility index (Phi) is 4.69. The van der Waals surface area contributed by atoms with E-state index in [1.165, 1.54) is 51.4 Å². The molecule has 2 aliphatic carbocycles. The molecule has 0 radical (unpaired) electrons. The summed E-state index contributed by atoms with van der Waals surface area (Å²) in [7, 11) is 0. The molecule has 0 aromatic carbocycles. The molecule has 2 fully saturated rings. The van der Waals surface area contributed by atoms with Crippen molar-refractivity contribution in [3.63, 3.8) is 0 Å². The van der Waals surface area contributed by atoms with Crippen LogP contribution in [0, 0.1) is 11.8 Å². The smallest absolute Gasteiger partial charge is 0.188 e. The average Bonchev–Trinajstić information content (AvgIpc) is 2.74. The van der Waals surface area contributed by atoms with Gasteiger partial charge in [-0.3, -0.25) is 4.99 Å². The molecule has 3 N–H and O–H groups in total. The standard InChI is InChI=1S/C14H27N3/c1-11-7-8-12(9-11)10-16-14(15)17-13-5-3-2-4-6-13/h11-13H,2-10H2,1H3,(H3,15,16,17). The van der Waals surface area contributed by atoms with Crippen molar-refractivity contribution in [1.29, 1.82) is 0 Å². The SMILES string of the molecule is CC1CCC(CN=C(N)NC2CCCCC2)C1. The van der Waals surface area contributed by atoms with E-state index in [0.717, 1.165) is 18.4 Å². The molecule has 17 heavy (non-hydrogen) atoms. The summed E-state index contributed by atoms with van der Waals surface area (Å²) in [6, 6.07) is 0.579. The summed E-state index contributed by atoms with van der Waals surface area (Å²) < 4.78 is 0. The Bertz CT molecular complexity index is 256. The van der Waals surface area contributed by atoms with Crippen LogP contribution >= 0.6 is 0 Å². The molecule has 0 bridgehead atoms. The lowest BCUT2D eigenvalue weighted by Gasteiger charge is -2.23. The topological polar surface area (TPSA) is 50.4 Å². The van der Waals surface area contributed by atoms with Gasteiger partial charge in [-0.25, -0.2) is 0 Å². The third kappa shape index (κ3) is 4.21. The van der Waals surface area contributed by atoms with Crippen molar-refractivity contribution in [3.05, 3.63) is 0 Å². The van der Waals surface area contributed by atoms with E-state index in [1.54, 1.807) is 0 Å². The van der Waals surface area contributed by atoms with E-state index in [-0.39, 0.29) is 0 Å². The fourth-order valence-corrected chi connectivity index (χ4v) is 3.22. The normalized spacial score (nSPS) is 31.7. The van der Waals surface area contributed by atoms with Crippen molar-refractivity contribution in [2.24, 2.45) is 22.6 Å². The molecule has 2 aliphatic rings. The Balaban J connectivity index is 1.69. The highest BCUT2D eigenvalue weighted by atomic mass is 15.1. The first-order valence-electron chi connectivity index (χ1n) is 7.30. The van der Waals surface area contributed by atoms with Crippen LogP contribution in [0.5, 0.6) is 0 Å². The van der Waals surface area contributed by atoms with Gasteiger partial charge < -0.3 is 11.1 Å². The Labute approximate surface area is 105 Å². The fourth-order valence-electron chi connectivity index (χ4n) is 3.22. The zero-order valence-electron chi connectivity index (χ0n) is 11.1. The largest absolute Gasteiger partial charge is 0.370 e. The second kappa shape index (κ2) is 6.27. The molecule has 2 rings (SSSR count). The number of hydrogen-bond donors (Lipinski definition) is 2. The van der Waals surface area contributed by atoms with Gasteiger partial charge in [-0.05, 0) is 37.5 Å².